The van der Waals surface area contributed by atoms with E-state index in [9.17, 15) is 14.0 Å². The van der Waals surface area contributed by atoms with Crippen LogP contribution in [0.1, 0.15) is 11.1 Å². The molecule has 0 aliphatic heterocycles. The Kier molecular flexibility index (Phi) is 6.32. The van der Waals surface area contributed by atoms with Gasteiger partial charge in [-0.15, -0.1) is 0 Å². The summed E-state index contributed by atoms with van der Waals surface area (Å²) in [7, 11) is 1.25. The van der Waals surface area contributed by atoms with Crippen molar-refractivity contribution >= 4 is 23.5 Å². The van der Waals surface area contributed by atoms with Crippen LogP contribution in [0.25, 0.3) is 0 Å². The molecule has 0 unspecified atom stereocenters. The number of ether oxygens (including phenoxy) is 1. The molecule has 0 radical (unpaired) electrons. The fourth-order valence-electron chi connectivity index (χ4n) is 2.30. The van der Waals surface area contributed by atoms with Gasteiger partial charge in [0.1, 0.15) is 11.9 Å². The minimum Gasteiger partial charge on any atom is -0.467 e. The number of carbonyl (C=O) groups excluding carboxylic acids is 2. The van der Waals surface area contributed by atoms with E-state index < -0.39 is 23.7 Å². The van der Waals surface area contributed by atoms with E-state index in [1.54, 1.807) is 30.3 Å². The van der Waals surface area contributed by atoms with Gasteiger partial charge in [0.25, 0.3) is 0 Å². The molecule has 6 heteroatoms. The molecule has 0 heterocycles. The maximum absolute atomic E-state index is 13.2. The van der Waals surface area contributed by atoms with Crippen LogP contribution < -0.4 is 5.32 Å². The van der Waals surface area contributed by atoms with E-state index in [0.29, 0.717) is 10.6 Å². The molecule has 2 aromatic rings. The highest BCUT2D eigenvalue weighted by atomic mass is 35.5. The molecule has 4 nitrogen and oxygen atoms in total. The van der Waals surface area contributed by atoms with Gasteiger partial charge >= 0.3 is 5.97 Å². The van der Waals surface area contributed by atoms with Gasteiger partial charge in [0.05, 0.1) is 13.5 Å². The first-order chi connectivity index (χ1) is 11.5. The Hall–Kier alpha value is -2.40. The minimum absolute atomic E-state index is 0.0340. The van der Waals surface area contributed by atoms with Crippen molar-refractivity contribution in [3.63, 3.8) is 0 Å². The van der Waals surface area contributed by atoms with Crippen molar-refractivity contribution in [1.82, 2.24) is 5.32 Å². The molecular formula is C18H17ClFNO3. The summed E-state index contributed by atoms with van der Waals surface area (Å²) in [5, 5.41) is 3.12. The molecule has 0 aromatic heterocycles. The molecule has 0 saturated carbocycles. The lowest BCUT2D eigenvalue weighted by Gasteiger charge is -2.17. The molecule has 24 heavy (non-hydrogen) atoms. The molecule has 0 fully saturated rings. The number of benzene rings is 2. The molecule has 0 spiro atoms. The number of halogens is 2. The Bertz CT molecular complexity index is 736. The van der Waals surface area contributed by atoms with Gasteiger partial charge in [-0.3, -0.25) is 4.79 Å². The summed E-state index contributed by atoms with van der Waals surface area (Å²) in [6.45, 7) is 0. The summed E-state index contributed by atoms with van der Waals surface area (Å²) < 4.78 is 17.9. The number of esters is 1. The standard InChI is InChI=1S/C18H17ClFNO3/c1-24-18(23)16(11-13-6-2-3-8-15(13)19)21-17(22)10-12-5-4-7-14(20)9-12/h2-9,16H,10-11H2,1H3,(H,21,22)/t16-/m1/s1. The lowest BCUT2D eigenvalue weighted by Crippen LogP contribution is -2.43. The summed E-state index contributed by atoms with van der Waals surface area (Å²) in [5.41, 5.74) is 1.24. The SMILES string of the molecule is COC(=O)[C@@H](Cc1ccccc1Cl)NC(=O)Cc1cccc(F)c1. The number of methoxy groups -OCH3 is 1. The van der Waals surface area contributed by atoms with Crippen molar-refractivity contribution in [3.8, 4) is 0 Å². The number of rotatable bonds is 6. The highest BCUT2D eigenvalue weighted by molar-refractivity contribution is 6.31. The van der Waals surface area contributed by atoms with Crippen LogP contribution in [0.15, 0.2) is 48.5 Å². The number of hydrogen-bond acceptors (Lipinski definition) is 3. The second-order valence-electron chi connectivity index (χ2n) is 5.25. The summed E-state index contributed by atoms with van der Waals surface area (Å²) in [5.74, 6) is -1.38. The third-order valence-corrected chi connectivity index (χ3v) is 3.83. The lowest BCUT2D eigenvalue weighted by molar-refractivity contribution is -0.145. The fraction of sp³-hybridized carbons (Fsp3) is 0.222. The molecule has 1 N–H and O–H groups in total. The van der Waals surface area contributed by atoms with Crippen molar-refractivity contribution in [3.05, 3.63) is 70.5 Å². The Morgan fingerprint density at radius 2 is 1.96 bits per heavy atom. The summed E-state index contributed by atoms with van der Waals surface area (Å²) in [6, 6.07) is 11.9. The van der Waals surface area contributed by atoms with Crippen LogP contribution in [0, 0.1) is 5.82 Å². The maximum Gasteiger partial charge on any atom is 0.328 e. The van der Waals surface area contributed by atoms with E-state index in [2.05, 4.69) is 5.32 Å². The van der Waals surface area contributed by atoms with Gasteiger partial charge in [-0.2, -0.15) is 0 Å². The summed E-state index contributed by atoms with van der Waals surface area (Å²) in [6.07, 6.45) is 0.176. The van der Waals surface area contributed by atoms with Crippen LogP contribution in [-0.2, 0) is 27.2 Å². The van der Waals surface area contributed by atoms with Gasteiger partial charge < -0.3 is 10.1 Å². The lowest BCUT2D eigenvalue weighted by atomic mass is 10.1. The van der Waals surface area contributed by atoms with Crippen molar-refractivity contribution in [1.29, 1.82) is 0 Å². The first-order valence-corrected chi connectivity index (χ1v) is 7.72. The second kappa shape index (κ2) is 8.45. The zero-order chi connectivity index (χ0) is 17.5. The van der Waals surface area contributed by atoms with E-state index in [0.717, 1.165) is 5.56 Å². The Morgan fingerprint density at radius 3 is 2.62 bits per heavy atom. The van der Waals surface area contributed by atoms with Crippen molar-refractivity contribution < 1.29 is 18.7 Å². The second-order valence-corrected chi connectivity index (χ2v) is 5.65. The van der Waals surface area contributed by atoms with Gasteiger partial charge in [-0.25, -0.2) is 9.18 Å². The molecule has 0 aliphatic rings. The van der Waals surface area contributed by atoms with Crippen LogP contribution in [0.4, 0.5) is 4.39 Å². The van der Waals surface area contributed by atoms with Crippen LogP contribution in [0.2, 0.25) is 5.02 Å². The van der Waals surface area contributed by atoms with Crippen LogP contribution >= 0.6 is 11.6 Å². The zero-order valence-electron chi connectivity index (χ0n) is 13.1. The summed E-state index contributed by atoms with van der Waals surface area (Å²) in [4.78, 5) is 24.1. The molecule has 2 rings (SSSR count). The topological polar surface area (TPSA) is 55.4 Å². The van der Waals surface area contributed by atoms with Crippen LogP contribution in [0.5, 0.6) is 0 Å². The highest BCUT2D eigenvalue weighted by Crippen LogP contribution is 2.17. The molecule has 1 atom stereocenters. The van der Waals surface area contributed by atoms with E-state index >= 15 is 0 Å². The van der Waals surface area contributed by atoms with E-state index in [1.807, 2.05) is 0 Å². The average molecular weight is 350 g/mol. The van der Waals surface area contributed by atoms with E-state index in [1.165, 1.54) is 25.3 Å². The van der Waals surface area contributed by atoms with Crippen LogP contribution in [-0.4, -0.2) is 25.0 Å². The van der Waals surface area contributed by atoms with Gasteiger partial charge in [0.2, 0.25) is 5.91 Å². The Morgan fingerprint density at radius 1 is 1.21 bits per heavy atom. The van der Waals surface area contributed by atoms with Gasteiger partial charge in [0, 0.05) is 11.4 Å². The fourth-order valence-corrected chi connectivity index (χ4v) is 2.51. The molecule has 126 valence electrons. The summed E-state index contributed by atoms with van der Waals surface area (Å²) >= 11 is 6.09. The van der Waals surface area contributed by atoms with Crippen LogP contribution in [0.3, 0.4) is 0 Å². The highest BCUT2D eigenvalue weighted by Gasteiger charge is 2.23. The number of amides is 1. The molecule has 0 bridgehead atoms. The number of carbonyl (C=O) groups is 2. The Balaban J connectivity index is 2.07. The first-order valence-electron chi connectivity index (χ1n) is 7.34. The quantitative estimate of drug-likeness (QED) is 0.816. The van der Waals surface area contributed by atoms with Gasteiger partial charge in [-0.1, -0.05) is 41.9 Å². The number of hydrogen-bond donors (Lipinski definition) is 1. The van der Waals surface area contributed by atoms with Crippen molar-refractivity contribution in [2.75, 3.05) is 7.11 Å². The predicted octanol–water partition coefficient (Wildman–Crippen LogP) is 2.92. The zero-order valence-corrected chi connectivity index (χ0v) is 13.8. The van der Waals surface area contributed by atoms with Crippen molar-refractivity contribution in [2.24, 2.45) is 0 Å². The van der Waals surface area contributed by atoms with Gasteiger partial charge in [0.15, 0.2) is 0 Å². The van der Waals surface area contributed by atoms with E-state index in [4.69, 9.17) is 16.3 Å². The third-order valence-electron chi connectivity index (χ3n) is 3.46. The molecule has 1 amide bonds. The first kappa shape index (κ1) is 17.9. The molecule has 0 saturated heterocycles. The molecule has 2 aromatic carbocycles. The smallest absolute Gasteiger partial charge is 0.328 e. The normalized spacial score (nSPS) is 11.6. The maximum atomic E-state index is 13.2. The monoisotopic (exact) mass is 349 g/mol. The molecular weight excluding hydrogens is 333 g/mol. The largest absolute Gasteiger partial charge is 0.467 e. The van der Waals surface area contributed by atoms with E-state index in [-0.39, 0.29) is 12.8 Å². The third kappa shape index (κ3) is 5.06. The number of nitrogens with one attached hydrogen (secondary N) is 1. The minimum atomic E-state index is -0.865. The molecule has 0 aliphatic carbocycles. The average Bonchev–Trinajstić information content (AvgIpc) is 2.55. The predicted molar refractivity (Wildman–Crippen MR) is 89.2 cm³/mol. The van der Waals surface area contributed by atoms with Gasteiger partial charge in [-0.05, 0) is 29.3 Å². The Labute approximate surface area is 144 Å². The van der Waals surface area contributed by atoms with Crippen molar-refractivity contribution in [2.45, 2.75) is 18.9 Å².